The van der Waals surface area contributed by atoms with Crippen molar-refractivity contribution in [3.8, 4) is 0 Å². The number of hydrogen-bond acceptors (Lipinski definition) is 5. The lowest BCUT2D eigenvalue weighted by Gasteiger charge is -2.23. The highest BCUT2D eigenvalue weighted by Crippen LogP contribution is 2.06. The van der Waals surface area contributed by atoms with E-state index in [4.69, 9.17) is 5.73 Å². The number of rotatable bonds is 3. The van der Waals surface area contributed by atoms with E-state index in [1.54, 1.807) is 0 Å². The number of hydrogen-bond donors (Lipinski definition) is 2. The number of likely N-dealkylation sites (N-methyl/N-ethyl adjacent to an activating group) is 1. The van der Waals surface area contributed by atoms with Crippen molar-refractivity contribution in [3.63, 3.8) is 0 Å². The molecule has 7 nitrogen and oxygen atoms in total. The van der Waals surface area contributed by atoms with E-state index in [1.165, 1.54) is 24.3 Å². The molecule has 0 unspecified atom stereocenters. The summed E-state index contributed by atoms with van der Waals surface area (Å²) in [6, 6.07) is 0. The zero-order chi connectivity index (χ0) is 14.6. The van der Waals surface area contributed by atoms with Gasteiger partial charge in [0.2, 0.25) is 5.91 Å². The Morgan fingerprint density at radius 2 is 1.89 bits per heavy atom. The topological polar surface area (TPSA) is 101 Å². The van der Waals surface area contributed by atoms with Gasteiger partial charge in [-0.15, -0.1) is 0 Å². The molecule has 0 atom stereocenters. The molecule has 1 rings (SSSR count). The van der Waals surface area contributed by atoms with Crippen LogP contribution in [-0.2, 0) is 4.79 Å². The van der Waals surface area contributed by atoms with Gasteiger partial charge in [-0.25, -0.2) is 9.97 Å². The first-order chi connectivity index (χ1) is 8.70. The summed E-state index contributed by atoms with van der Waals surface area (Å²) >= 11 is 0. The summed E-state index contributed by atoms with van der Waals surface area (Å²) in [5.74, 6) is -0.629. The van der Waals surface area contributed by atoms with Gasteiger partial charge >= 0.3 is 0 Å². The van der Waals surface area contributed by atoms with Crippen LogP contribution in [0.15, 0.2) is 12.4 Å². The third kappa shape index (κ3) is 4.53. The number of amides is 2. The quantitative estimate of drug-likeness (QED) is 0.804. The first-order valence-electron chi connectivity index (χ1n) is 5.83. The number of nitrogen functional groups attached to an aromatic ring is 1. The van der Waals surface area contributed by atoms with Crippen molar-refractivity contribution in [2.24, 2.45) is 0 Å². The molecule has 0 fully saturated rings. The lowest BCUT2D eigenvalue weighted by atomic mass is 10.1. The highest BCUT2D eigenvalue weighted by molar-refractivity contribution is 5.98. The fourth-order valence-corrected chi connectivity index (χ4v) is 1.44. The largest absolute Gasteiger partial charge is 0.382 e. The Hall–Kier alpha value is -2.18. The van der Waals surface area contributed by atoms with Crippen LogP contribution in [0.5, 0.6) is 0 Å². The summed E-state index contributed by atoms with van der Waals surface area (Å²) in [7, 11) is 1.51. The molecule has 7 heteroatoms. The van der Waals surface area contributed by atoms with Crippen LogP contribution in [0.4, 0.5) is 5.82 Å². The molecule has 104 valence electrons. The van der Waals surface area contributed by atoms with Gasteiger partial charge in [-0.2, -0.15) is 0 Å². The molecule has 0 radical (unpaired) electrons. The third-order valence-corrected chi connectivity index (χ3v) is 2.17. The van der Waals surface area contributed by atoms with Gasteiger partial charge in [-0.3, -0.25) is 9.59 Å². The standard InChI is InChI=1S/C12H19N5O2/c1-12(2,3)16-8(18)7-17(4)11(19)9-10(13)15-6-5-14-9/h5-6H,7H2,1-4H3,(H2,13,15)(H,16,18). The Balaban J connectivity index is 2.69. The van der Waals surface area contributed by atoms with E-state index in [-0.39, 0.29) is 29.5 Å². The Labute approximate surface area is 112 Å². The van der Waals surface area contributed by atoms with Crippen molar-refractivity contribution in [2.45, 2.75) is 26.3 Å². The molecule has 2 amide bonds. The lowest BCUT2D eigenvalue weighted by Crippen LogP contribution is -2.46. The van der Waals surface area contributed by atoms with Gasteiger partial charge in [0.1, 0.15) is 0 Å². The minimum absolute atomic E-state index is 0.0496. The number of nitrogens with two attached hydrogens (primary N) is 1. The maximum atomic E-state index is 12.0. The van der Waals surface area contributed by atoms with Gasteiger partial charge in [0.15, 0.2) is 11.5 Å². The Morgan fingerprint density at radius 3 is 2.42 bits per heavy atom. The number of carbonyl (C=O) groups is 2. The lowest BCUT2D eigenvalue weighted by molar-refractivity contribution is -0.122. The summed E-state index contributed by atoms with van der Waals surface area (Å²) in [5.41, 5.74) is 5.28. The average Bonchev–Trinajstić information content (AvgIpc) is 2.26. The first kappa shape index (κ1) is 14.9. The van der Waals surface area contributed by atoms with E-state index in [9.17, 15) is 9.59 Å². The molecule has 0 saturated heterocycles. The second-order valence-electron chi connectivity index (χ2n) is 5.25. The SMILES string of the molecule is CN(CC(=O)NC(C)(C)C)C(=O)c1nccnc1N. The van der Waals surface area contributed by atoms with E-state index < -0.39 is 5.91 Å². The smallest absolute Gasteiger partial charge is 0.276 e. The molecule has 0 spiro atoms. The fourth-order valence-electron chi connectivity index (χ4n) is 1.44. The van der Waals surface area contributed by atoms with Crippen LogP contribution < -0.4 is 11.1 Å². The molecule has 3 N–H and O–H groups in total. The van der Waals surface area contributed by atoms with Crippen molar-refractivity contribution in [1.29, 1.82) is 0 Å². The Morgan fingerprint density at radius 1 is 1.32 bits per heavy atom. The molecule has 0 aliphatic heterocycles. The average molecular weight is 265 g/mol. The van der Waals surface area contributed by atoms with Crippen molar-refractivity contribution in [1.82, 2.24) is 20.2 Å². The summed E-state index contributed by atoms with van der Waals surface area (Å²) in [6.45, 7) is 5.54. The second-order valence-corrected chi connectivity index (χ2v) is 5.25. The monoisotopic (exact) mass is 265 g/mol. The molecule has 0 aliphatic rings. The van der Waals surface area contributed by atoms with Gasteiger partial charge in [-0.05, 0) is 20.8 Å². The van der Waals surface area contributed by atoms with Crippen LogP contribution in [0.2, 0.25) is 0 Å². The third-order valence-electron chi connectivity index (χ3n) is 2.17. The Kier molecular flexibility index (Phi) is 4.42. The molecule has 1 heterocycles. The van der Waals surface area contributed by atoms with Crippen molar-refractivity contribution < 1.29 is 9.59 Å². The fraction of sp³-hybridized carbons (Fsp3) is 0.500. The predicted molar refractivity (Wildman–Crippen MR) is 71.3 cm³/mol. The summed E-state index contributed by atoms with van der Waals surface area (Å²) in [5, 5.41) is 2.77. The molecule has 0 aromatic carbocycles. The van der Waals surface area contributed by atoms with Crippen molar-refractivity contribution in [2.75, 3.05) is 19.3 Å². The number of anilines is 1. The Bertz CT molecular complexity index is 481. The van der Waals surface area contributed by atoms with E-state index in [0.717, 1.165) is 0 Å². The van der Waals surface area contributed by atoms with Gasteiger partial charge in [0, 0.05) is 25.0 Å². The molecular weight excluding hydrogens is 246 g/mol. The van der Waals surface area contributed by atoms with Crippen LogP contribution in [0.25, 0.3) is 0 Å². The van der Waals surface area contributed by atoms with Gasteiger partial charge in [-0.1, -0.05) is 0 Å². The number of carbonyl (C=O) groups excluding carboxylic acids is 2. The highest BCUT2D eigenvalue weighted by atomic mass is 16.2. The van der Waals surface area contributed by atoms with E-state index in [1.807, 2.05) is 20.8 Å². The maximum absolute atomic E-state index is 12.0. The highest BCUT2D eigenvalue weighted by Gasteiger charge is 2.21. The summed E-state index contributed by atoms with van der Waals surface area (Å²) < 4.78 is 0. The molecule has 1 aromatic heterocycles. The molecule has 19 heavy (non-hydrogen) atoms. The number of nitrogens with one attached hydrogen (secondary N) is 1. The maximum Gasteiger partial charge on any atom is 0.276 e. The number of aromatic nitrogens is 2. The molecule has 0 bridgehead atoms. The van der Waals surface area contributed by atoms with Crippen molar-refractivity contribution >= 4 is 17.6 Å². The second kappa shape index (κ2) is 5.64. The van der Waals surface area contributed by atoms with Crippen LogP contribution in [0.3, 0.4) is 0 Å². The molecule has 1 aromatic rings. The van der Waals surface area contributed by atoms with E-state index in [2.05, 4.69) is 15.3 Å². The van der Waals surface area contributed by atoms with Crippen LogP contribution in [0, 0.1) is 0 Å². The first-order valence-corrected chi connectivity index (χ1v) is 5.83. The van der Waals surface area contributed by atoms with Crippen molar-refractivity contribution in [3.05, 3.63) is 18.1 Å². The van der Waals surface area contributed by atoms with Gasteiger partial charge in [0.25, 0.3) is 5.91 Å². The number of nitrogens with zero attached hydrogens (tertiary/aromatic N) is 3. The molecule has 0 aliphatic carbocycles. The summed E-state index contributed by atoms with van der Waals surface area (Å²) in [4.78, 5) is 32.7. The zero-order valence-corrected chi connectivity index (χ0v) is 11.6. The van der Waals surface area contributed by atoms with Gasteiger partial charge < -0.3 is 16.0 Å². The predicted octanol–water partition coefficient (Wildman–Crippen LogP) is 0.0455. The zero-order valence-electron chi connectivity index (χ0n) is 11.6. The summed E-state index contributed by atoms with van der Waals surface area (Å²) in [6.07, 6.45) is 2.78. The normalized spacial score (nSPS) is 10.9. The van der Waals surface area contributed by atoms with E-state index >= 15 is 0 Å². The van der Waals surface area contributed by atoms with Gasteiger partial charge in [0.05, 0.1) is 6.54 Å². The van der Waals surface area contributed by atoms with E-state index in [0.29, 0.717) is 0 Å². The van der Waals surface area contributed by atoms with Crippen LogP contribution in [0.1, 0.15) is 31.3 Å². The minimum Gasteiger partial charge on any atom is -0.382 e. The molecular formula is C12H19N5O2. The van der Waals surface area contributed by atoms with Crippen LogP contribution >= 0.6 is 0 Å². The molecule has 0 saturated carbocycles. The minimum atomic E-state index is -0.436. The van der Waals surface area contributed by atoms with Crippen LogP contribution in [-0.4, -0.2) is 45.8 Å².